The minimum Gasteiger partial charge on any atom is -0.455 e. The van der Waals surface area contributed by atoms with Crippen molar-refractivity contribution in [3.05, 3.63) is 72.1 Å². The SMILES string of the molecule is Cc1cc(C(=O)Nc2ccccc2Oc2ccccc2)nc(N2CCOCC2)n1. The molecule has 3 aromatic rings. The quantitative estimate of drug-likeness (QED) is 0.716. The number of nitrogens with zero attached hydrogens (tertiary/aromatic N) is 3. The van der Waals surface area contributed by atoms with Crippen LogP contribution in [0.4, 0.5) is 11.6 Å². The van der Waals surface area contributed by atoms with Crippen LogP contribution in [0.3, 0.4) is 0 Å². The first-order chi connectivity index (χ1) is 14.2. The van der Waals surface area contributed by atoms with Crippen LogP contribution in [0.1, 0.15) is 16.2 Å². The van der Waals surface area contributed by atoms with Gasteiger partial charge in [-0.05, 0) is 37.3 Å². The van der Waals surface area contributed by atoms with Gasteiger partial charge in [0.2, 0.25) is 5.95 Å². The lowest BCUT2D eigenvalue weighted by molar-refractivity contribution is 0.102. The first-order valence-corrected chi connectivity index (χ1v) is 9.51. The molecule has 0 spiro atoms. The lowest BCUT2D eigenvalue weighted by atomic mass is 10.2. The first-order valence-electron chi connectivity index (χ1n) is 9.51. The summed E-state index contributed by atoms with van der Waals surface area (Å²) >= 11 is 0. The normalized spacial score (nSPS) is 13.8. The van der Waals surface area contributed by atoms with Gasteiger partial charge in [-0.1, -0.05) is 30.3 Å². The number of nitrogens with one attached hydrogen (secondary N) is 1. The molecular weight excluding hydrogens is 368 g/mol. The van der Waals surface area contributed by atoms with E-state index in [-0.39, 0.29) is 5.91 Å². The van der Waals surface area contributed by atoms with E-state index in [1.165, 1.54) is 0 Å². The summed E-state index contributed by atoms with van der Waals surface area (Å²) < 4.78 is 11.3. The Bertz CT molecular complexity index is 988. The molecule has 0 unspecified atom stereocenters. The molecule has 0 radical (unpaired) electrons. The van der Waals surface area contributed by atoms with Crippen molar-refractivity contribution >= 4 is 17.5 Å². The topological polar surface area (TPSA) is 76.6 Å². The Morgan fingerprint density at radius 1 is 1.03 bits per heavy atom. The molecular formula is C22H22N4O3. The number of rotatable bonds is 5. The summed E-state index contributed by atoms with van der Waals surface area (Å²) in [4.78, 5) is 23.9. The molecule has 1 aliphatic heterocycles. The van der Waals surface area contributed by atoms with E-state index >= 15 is 0 Å². The minimum atomic E-state index is -0.311. The number of aromatic nitrogens is 2. The maximum Gasteiger partial charge on any atom is 0.274 e. The molecule has 2 heterocycles. The number of morpholine rings is 1. The third-order valence-corrected chi connectivity index (χ3v) is 4.48. The van der Waals surface area contributed by atoms with Crippen LogP contribution >= 0.6 is 0 Å². The predicted octanol–water partition coefficient (Wildman–Crippen LogP) is 3.67. The number of aryl methyl sites for hydroxylation is 1. The highest BCUT2D eigenvalue weighted by Crippen LogP contribution is 2.29. The van der Waals surface area contributed by atoms with Gasteiger partial charge in [0.1, 0.15) is 11.4 Å². The van der Waals surface area contributed by atoms with Crippen LogP contribution in [0.2, 0.25) is 0 Å². The zero-order valence-corrected chi connectivity index (χ0v) is 16.2. The number of benzene rings is 2. The Morgan fingerprint density at radius 3 is 2.55 bits per heavy atom. The summed E-state index contributed by atoms with van der Waals surface area (Å²) in [6, 6.07) is 18.4. The maximum absolute atomic E-state index is 12.9. The van der Waals surface area contributed by atoms with Crippen LogP contribution in [0.15, 0.2) is 60.7 Å². The highest BCUT2D eigenvalue weighted by molar-refractivity contribution is 6.03. The number of anilines is 2. The van der Waals surface area contributed by atoms with E-state index in [9.17, 15) is 4.79 Å². The van der Waals surface area contributed by atoms with Crippen LogP contribution in [0.25, 0.3) is 0 Å². The van der Waals surface area contributed by atoms with Crippen LogP contribution < -0.4 is 15.0 Å². The van der Waals surface area contributed by atoms with E-state index in [4.69, 9.17) is 9.47 Å². The number of hydrogen-bond donors (Lipinski definition) is 1. The fourth-order valence-electron chi connectivity index (χ4n) is 3.03. The molecule has 1 saturated heterocycles. The summed E-state index contributed by atoms with van der Waals surface area (Å²) in [5.41, 5.74) is 1.62. The van der Waals surface area contributed by atoms with Crippen molar-refractivity contribution in [3.8, 4) is 11.5 Å². The summed E-state index contributed by atoms with van der Waals surface area (Å²) in [7, 11) is 0. The summed E-state index contributed by atoms with van der Waals surface area (Å²) in [6.45, 7) is 4.53. The molecule has 148 valence electrons. The van der Waals surface area contributed by atoms with Gasteiger partial charge in [0.05, 0.1) is 18.9 Å². The Morgan fingerprint density at radius 2 is 1.76 bits per heavy atom. The second kappa shape index (κ2) is 8.70. The van der Waals surface area contributed by atoms with Gasteiger partial charge >= 0.3 is 0 Å². The molecule has 2 aromatic carbocycles. The Kier molecular flexibility index (Phi) is 5.67. The largest absolute Gasteiger partial charge is 0.455 e. The van der Waals surface area contributed by atoms with Gasteiger partial charge in [0.15, 0.2) is 5.75 Å². The molecule has 0 saturated carbocycles. The van der Waals surface area contributed by atoms with E-state index < -0.39 is 0 Å². The van der Waals surface area contributed by atoms with Crippen molar-refractivity contribution < 1.29 is 14.3 Å². The molecule has 0 aliphatic carbocycles. The molecule has 0 bridgehead atoms. The predicted molar refractivity (Wildman–Crippen MR) is 111 cm³/mol. The van der Waals surface area contributed by atoms with Gasteiger partial charge in [-0.2, -0.15) is 0 Å². The molecule has 1 amide bonds. The molecule has 0 atom stereocenters. The minimum absolute atomic E-state index is 0.311. The van der Waals surface area contributed by atoms with Gasteiger partial charge in [-0.15, -0.1) is 0 Å². The summed E-state index contributed by atoms with van der Waals surface area (Å²) in [5, 5.41) is 2.91. The Hall–Kier alpha value is -3.45. The zero-order chi connectivity index (χ0) is 20.1. The maximum atomic E-state index is 12.9. The number of carbonyl (C=O) groups excluding carboxylic acids is 1. The third kappa shape index (κ3) is 4.70. The van der Waals surface area contributed by atoms with E-state index in [2.05, 4.69) is 15.3 Å². The van der Waals surface area contributed by atoms with Gasteiger partial charge in [0, 0.05) is 18.8 Å². The molecule has 4 rings (SSSR count). The fraction of sp³-hybridized carbons (Fsp3) is 0.227. The highest BCUT2D eigenvalue weighted by Gasteiger charge is 2.18. The summed E-state index contributed by atoms with van der Waals surface area (Å²) in [6.07, 6.45) is 0. The smallest absolute Gasteiger partial charge is 0.274 e. The van der Waals surface area contributed by atoms with E-state index in [0.29, 0.717) is 55.1 Å². The Labute approximate surface area is 169 Å². The molecule has 7 heteroatoms. The van der Waals surface area contributed by atoms with E-state index in [0.717, 1.165) is 5.69 Å². The van der Waals surface area contributed by atoms with Crippen molar-refractivity contribution in [2.24, 2.45) is 0 Å². The van der Waals surface area contributed by atoms with Crippen molar-refractivity contribution in [3.63, 3.8) is 0 Å². The second-order valence-corrected chi connectivity index (χ2v) is 6.66. The molecule has 1 aromatic heterocycles. The van der Waals surface area contributed by atoms with E-state index in [1.807, 2.05) is 60.4 Å². The van der Waals surface area contributed by atoms with Crippen molar-refractivity contribution in [2.45, 2.75) is 6.92 Å². The molecule has 1 N–H and O–H groups in total. The standard InChI is InChI=1S/C22H22N4O3/c1-16-15-19(25-22(23-16)26-11-13-28-14-12-26)21(27)24-18-9-5-6-10-20(18)29-17-7-3-2-4-8-17/h2-10,15H,11-14H2,1H3,(H,24,27). The monoisotopic (exact) mass is 390 g/mol. The lowest BCUT2D eigenvalue weighted by Crippen LogP contribution is -2.37. The number of carbonyl (C=O) groups is 1. The van der Waals surface area contributed by atoms with Crippen LogP contribution in [-0.4, -0.2) is 42.2 Å². The van der Waals surface area contributed by atoms with Crippen molar-refractivity contribution in [2.75, 3.05) is 36.5 Å². The van der Waals surface area contributed by atoms with Crippen LogP contribution in [-0.2, 0) is 4.74 Å². The van der Waals surface area contributed by atoms with Crippen molar-refractivity contribution in [1.82, 2.24) is 9.97 Å². The number of para-hydroxylation sites is 3. The van der Waals surface area contributed by atoms with Gasteiger partial charge < -0.3 is 19.7 Å². The van der Waals surface area contributed by atoms with Gasteiger partial charge in [0.25, 0.3) is 5.91 Å². The first kappa shape index (κ1) is 18.9. The average Bonchev–Trinajstić information content (AvgIpc) is 2.76. The van der Waals surface area contributed by atoms with E-state index in [1.54, 1.807) is 12.1 Å². The molecule has 1 fully saturated rings. The number of ether oxygens (including phenoxy) is 2. The molecule has 7 nitrogen and oxygen atoms in total. The fourth-order valence-corrected chi connectivity index (χ4v) is 3.03. The lowest BCUT2D eigenvalue weighted by Gasteiger charge is -2.27. The Balaban J connectivity index is 1.55. The molecule has 29 heavy (non-hydrogen) atoms. The number of amides is 1. The number of hydrogen-bond acceptors (Lipinski definition) is 6. The molecule has 1 aliphatic rings. The second-order valence-electron chi connectivity index (χ2n) is 6.66. The third-order valence-electron chi connectivity index (χ3n) is 4.48. The van der Waals surface area contributed by atoms with Gasteiger partial charge in [-0.3, -0.25) is 4.79 Å². The van der Waals surface area contributed by atoms with Crippen LogP contribution in [0, 0.1) is 6.92 Å². The van der Waals surface area contributed by atoms with Crippen LogP contribution in [0.5, 0.6) is 11.5 Å². The summed E-state index contributed by atoms with van der Waals surface area (Å²) in [5.74, 6) is 1.49. The van der Waals surface area contributed by atoms with Gasteiger partial charge in [-0.25, -0.2) is 9.97 Å². The van der Waals surface area contributed by atoms with Crippen molar-refractivity contribution in [1.29, 1.82) is 0 Å². The zero-order valence-electron chi connectivity index (χ0n) is 16.2. The average molecular weight is 390 g/mol. The highest BCUT2D eigenvalue weighted by atomic mass is 16.5.